The van der Waals surface area contributed by atoms with Crippen molar-refractivity contribution in [2.45, 2.75) is 32.7 Å². The van der Waals surface area contributed by atoms with Crippen molar-refractivity contribution in [2.75, 3.05) is 5.32 Å². The molecule has 7 nitrogen and oxygen atoms in total. The van der Waals surface area contributed by atoms with E-state index in [1.165, 1.54) is 6.07 Å². The summed E-state index contributed by atoms with van der Waals surface area (Å²) in [4.78, 5) is 17.0. The lowest BCUT2D eigenvalue weighted by atomic mass is 10.2. The predicted octanol–water partition coefficient (Wildman–Crippen LogP) is 5.09. The van der Waals surface area contributed by atoms with Crippen LogP contribution in [0.5, 0.6) is 0 Å². The van der Waals surface area contributed by atoms with Gasteiger partial charge in [0.05, 0.1) is 23.6 Å². The summed E-state index contributed by atoms with van der Waals surface area (Å²) in [6.07, 6.45) is 0. The van der Waals surface area contributed by atoms with Crippen LogP contribution < -0.4 is 5.32 Å². The molecule has 4 aromatic rings. The Morgan fingerprint density at radius 2 is 1.81 bits per heavy atom. The average molecular weight is 479 g/mol. The Labute approximate surface area is 192 Å². The Morgan fingerprint density at radius 1 is 1.12 bits per heavy atom. The second-order valence-electron chi connectivity index (χ2n) is 7.36. The molecule has 0 bridgehead atoms. The van der Waals surface area contributed by atoms with Crippen molar-refractivity contribution in [3.8, 4) is 0 Å². The molecule has 1 amide bonds. The quantitative estimate of drug-likeness (QED) is 0.405. The average Bonchev–Trinajstić information content (AvgIpc) is 3.24. The number of anilines is 1. The lowest BCUT2D eigenvalue weighted by molar-refractivity contribution is 0.0868. The van der Waals surface area contributed by atoms with Crippen LogP contribution in [0.1, 0.15) is 38.8 Å². The summed E-state index contributed by atoms with van der Waals surface area (Å²) in [6, 6.07) is 9.84. The summed E-state index contributed by atoms with van der Waals surface area (Å²) in [5.74, 6) is -0.575. The van der Waals surface area contributed by atoms with E-state index in [1.54, 1.807) is 30.7 Å². The smallest absolute Gasteiger partial charge is 0.317 e. The van der Waals surface area contributed by atoms with Gasteiger partial charge >= 0.3 is 5.38 Å². The molecule has 11 heteroatoms. The molecule has 0 aliphatic heterocycles. The Hall–Kier alpha value is -3.04. The lowest BCUT2D eigenvalue weighted by Gasteiger charge is -2.10. The number of benzene rings is 1. The van der Waals surface area contributed by atoms with Gasteiger partial charge in [-0.1, -0.05) is 23.7 Å². The Morgan fingerprint density at radius 3 is 2.47 bits per heavy atom. The number of aromatic nitrogens is 5. The summed E-state index contributed by atoms with van der Waals surface area (Å²) in [5, 5.41) is 8.24. The van der Waals surface area contributed by atoms with Crippen LogP contribution in [0.15, 0.2) is 36.4 Å². The maximum atomic E-state index is 13.8. The van der Waals surface area contributed by atoms with E-state index in [0.717, 1.165) is 21.8 Å². The Kier molecular flexibility index (Phi) is 5.64. The zero-order valence-corrected chi connectivity index (χ0v) is 18.8. The number of alkyl halides is 3. The largest absolute Gasteiger partial charge is 0.364 e. The molecular formula is C21H18Cl2F2N6O. The van der Waals surface area contributed by atoms with Crippen LogP contribution in [0.3, 0.4) is 0 Å². The van der Waals surface area contributed by atoms with Crippen LogP contribution in [0.25, 0.3) is 5.65 Å². The first-order valence-electron chi connectivity index (χ1n) is 9.57. The number of rotatable bonds is 5. The van der Waals surface area contributed by atoms with Gasteiger partial charge in [-0.2, -0.15) is 19.0 Å². The highest BCUT2D eigenvalue weighted by Crippen LogP contribution is 2.32. The van der Waals surface area contributed by atoms with E-state index < -0.39 is 17.0 Å². The minimum absolute atomic E-state index is 0.0745. The van der Waals surface area contributed by atoms with E-state index in [2.05, 4.69) is 20.5 Å². The summed E-state index contributed by atoms with van der Waals surface area (Å²) in [6.45, 7) is 5.64. The fraction of sp³-hybridized carbons (Fsp3) is 0.238. The van der Waals surface area contributed by atoms with Crippen molar-refractivity contribution < 1.29 is 13.6 Å². The van der Waals surface area contributed by atoms with Gasteiger partial charge in [-0.05, 0) is 56.1 Å². The first-order chi connectivity index (χ1) is 15.0. The van der Waals surface area contributed by atoms with Gasteiger partial charge in [-0.3, -0.25) is 9.48 Å². The monoisotopic (exact) mass is 478 g/mol. The zero-order chi connectivity index (χ0) is 23.2. The molecule has 3 heterocycles. The van der Waals surface area contributed by atoms with E-state index >= 15 is 0 Å². The van der Waals surface area contributed by atoms with Crippen LogP contribution in [0.4, 0.5) is 14.5 Å². The highest BCUT2D eigenvalue weighted by Gasteiger charge is 2.33. The minimum atomic E-state index is -3.66. The third-order valence-electron chi connectivity index (χ3n) is 4.94. The van der Waals surface area contributed by atoms with Gasteiger partial charge < -0.3 is 5.32 Å². The van der Waals surface area contributed by atoms with Crippen LogP contribution >= 0.6 is 23.2 Å². The molecule has 0 fully saturated rings. The van der Waals surface area contributed by atoms with E-state index in [4.69, 9.17) is 23.2 Å². The number of carbonyl (C=O) groups excluding carboxylic acids is 1. The molecule has 0 unspecified atom stereocenters. The third kappa shape index (κ3) is 4.31. The third-order valence-corrected chi connectivity index (χ3v) is 5.39. The molecule has 0 saturated heterocycles. The topological polar surface area (TPSA) is 77.1 Å². The van der Waals surface area contributed by atoms with E-state index in [0.29, 0.717) is 28.6 Å². The van der Waals surface area contributed by atoms with Crippen molar-refractivity contribution >= 4 is 40.4 Å². The summed E-state index contributed by atoms with van der Waals surface area (Å²) in [7, 11) is 0. The maximum Gasteiger partial charge on any atom is 0.364 e. The maximum absolute atomic E-state index is 13.8. The normalized spacial score (nSPS) is 11.8. The number of aryl methyl sites for hydroxylation is 2. The van der Waals surface area contributed by atoms with Crippen LogP contribution in [0, 0.1) is 20.8 Å². The number of fused-ring (bicyclic) bond motifs is 1. The van der Waals surface area contributed by atoms with Crippen LogP contribution in [-0.2, 0) is 11.9 Å². The number of hydrogen-bond donors (Lipinski definition) is 1. The predicted molar refractivity (Wildman–Crippen MR) is 118 cm³/mol. The zero-order valence-electron chi connectivity index (χ0n) is 17.3. The highest BCUT2D eigenvalue weighted by molar-refractivity contribution is 6.30. The molecule has 0 saturated carbocycles. The fourth-order valence-corrected chi connectivity index (χ4v) is 3.65. The number of amides is 1. The molecule has 0 atom stereocenters. The number of nitrogens with one attached hydrogen (secondary N) is 1. The molecule has 0 aliphatic rings. The van der Waals surface area contributed by atoms with Gasteiger partial charge in [0.25, 0.3) is 5.91 Å². The molecule has 1 N–H and O–H groups in total. The van der Waals surface area contributed by atoms with Gasteiger partial charge in [-0.15, -0.1) is 0 Å². The van der Waals surface area contributed by atoms with E-state index in [-0.39, 0.29) is 11.3 Å². The van der Waals surface area contributed by atoms with Crippen molar-refractivity contribution in [3.63, 3.8) is 0 Å². The molecular weight excluding hydrogens is 461 g/mol. The number of hydrogen-bond acceptors (Lipinski definition) is 4. The first kappa shape index (κ1) is 22.2. The molecule has 0 aliphatic carbocycles. The minimum Gasteiger partial charge on any atom is -0.317 e. The van der Waals surface area contributed by atoms with E-state index in [1.807, 2.05) is 19.1 Å². The van der Waals surface area contributed by atoms with Gasteiger partial charge in [0.15, 0.2) is 11.3 Å². The standard InChI is InChI=1S/C21H18Cl2F2N6O/c1-11-8-17(21(23,24)25)31-18(26-11)9-16(29-31)20(32)27-19-12(2)28-30(13(19)3)10-14-4-6-15(22)7-5-14/h4-9H,10H2,1-3H3,(H,27,32). The summed E-state index contributed by atoms with van der Waals surface area (Å²) in [5.41, 5.74) is 2.64. The van der Waals surface area contributed by atoms with Gasteiger partial charge in [0.1, 0.15) is 5.69 Å². The van der Waals surface area contributed by atoms with Gasteiger partial charge in [0, 0.05) is 16.8 Å². The van der Waals surface area contributed by atoms with Gasteiger partial charge in [0.2, 0.25) is 0 Å². The molecule has 0 radical (unpaired) electrons. The van der Waals surface area contributed by atoms with Crippen molar-refractivity contribution in [1.82, 2.24) is 24.4 Å². The number of carbonyl (C=O) groups is 1. The highest BCUT2D eigenvalue weighted by atomic mass is 35.5. The SMILES string of the molecule is Cc1cc(C(F)(F)Cl)n2nc(C(=O)Nc3c(C)nn(Cc4ccc(Cl)cc4)c3C)cc2n1. The molecule has 32 heavy (non-hydrogen) atoms. The molecule has 166 valence electrons. The fourth-order valence-electron chi connectivity index (χ4n) is 3.39. The van der Waals surface area contributed by atoms with Crippen molar-refractivity contribution in [3.05, 3.63) is 75.5 Å². The molecule has 3 aromatic heterocycles. The molecule has 1 aromatic carbocycles. The van der Waals surface area contributed by atoms with Crippen LogP contribution in [-0.4, -0.2) is 30.3 Å². The summed E-state index contributed by atoms with van der Waals surface area (Å²) >= 11 is 11.1. The molecule has 4 rings (SSSR count). The van der Waals surface area contributed by atoms with Crippen LogP contribution in [0.2, 0.25) is 5.02 Å². The Balaban J connectivity index is 1.62. The molecule has 0 spiro atoms. The summed E-state index contributed by atoms with van der Waals surface area (Å²) < 4.78 is 30.2. The van der Waals surface area contributed by atoms with Crippen molar-refractivity contribution in [2.24, 2.45) is 0 Å². The second-order valence-corrected chi connectivity index (χ2v) is 8.28. The van der Waals surface area contributed by atoms with E-state index in [9.17, 15) is 13.6 Å². The van der Waals surface area contributed by atoms with Gasteiger partial charge in [-0.25, -0.2) is 9.50 Å². The second kappa shape index (κ2) is 8.14. The van der Waals surface area contributed by atoms with Crippen molar-refractivity contribution in [1.29, 1.82) is 0 Å². The Bertz CT molecular complexity index is 1330. The lowest BCUT2D eigenvalue weighted by Crippen LogP contribution is -2.16. The first-order valence-corrected chi connectivity index (χ1v) is 10.3. The number of nitrogens with zero attached hydrogens (tertiary/aromatic N) is 5. The number of halogens is 4.